The minimum absolute atomic E-state index is 0.470. The Hall–Kier alpha value is -2.23. The van der Waals surface area contributed by atoms with Crippen LogP contribution in [0.5, 0.6) is 0 Å². The van der Waals surface area contributed by atoms with Gasteiger partial charge in [-0.3, -0.25) is 4.98 Å². The summed E-state index contributed by atoms with van der Waals surface area (Å²) < 4.78 is 0. The summed E-state index contributed by atoms with van der Waals surface area (Å²) in [6.45, 7) is 3.06. The first kappa shape index (κ1) is 16.2. The lowest BCUT2D eigenvalue weighted by Crippen LogP contribution is -2.34. The van der Waals surface area contributed by atoms with E-state index in [2.05, 4.69) is 71.1 Å². The first-order chi connectivity index (χ1) is 12.3. The van der Waals surface area contributed by atoms with Gasteiger partial charge in [0, 0.05) is 35.4 Å². The predicted molar refractivity (Wildman–Crippen MR) is 107 cm³/mol. The van der Waals surface area contributed by atoms with Crippen molar-refractivity contribution in [1.82, 2.24) is 10.3 Å². The Morgan fingerprint density at radius 1 is 1.12 bits per heavy atom. The normalized spacial score (nSPS) is 17.3. The number of pyridine rings is 1. The van der Waals surface area contributed by atoms with Crippen molar-refractivity contribution in [3.05, 3.63) is 82.3 Å². The van der Waals surface area contributed by atoms with E-state index < -0.39 is 0 Å². The molecule has 1 unspecified atom stereocenters. The van der Waals surface area contributed by atoms with Crippen LogP contribution in [0.3, 0.4) is 0 Å². The van der Waals surface area contributed by atoms with Crippen LogP contribution in [0.4, 0.5) is 0 Å². The number of benzene rings is 1. The lowest BCUT2D eigenvalue weighted by atomic mass is 9.95. The van der Waals surface area contributed by atoms with Crippen LogP contribution in [0.1, 0.15) is 22.4 Å². The van der Waals surface area contributed by atoms with Crippen molar-refractivity contribution in [1.29, 1.82) is 0 Å². The van der Waals surface area contributed by atoms with Crippen LogP contribution >= 0.6 is 11.3 Å². The van der Waals surface area contributed by atoms with Crippen LogP contribution in [0.2, 0.25) is 0 Å². The van der Waals surface area contributed by atoms with Crippen molar-refractivity contribution in [3.63, 3.8) is 0 Å². The van der Waals surface area contributed by atoms with E-state index in [1.807, 2.05) is 23.7 Å². The van der Waals surface area contributed by atoms with Gasteiger partial charge in [0.15, 0.2) is 0 Å². The Balaban J connectivity index is 1.49. The van der Waals surface area contributed by atoms with Gasteiger partial charge in [0.2, 0.25) is 0 Å². The third-order valence-electron chi connectivity index (χ3n) is 4.72. The van der Waals surface area contributed by atoms with Crippen LogP contribution in [-0.2, 0) is 6.42 Å². The van der Waals surface area contributed by atoms with E-state index >= 15 is 0 Å². The fraction of sp³-hybridized carbons (Fsp3) is 0.227. The molecule has 0 spiro atoms. The molecule has 3 aromatic rings. The number of aryl methyl sites for hydroxylation is 1. The summed E-state index contributed by atoms with van der Waals surface area (Å²) in [4.78, 5) is 5.88. The van der Waals surface area contributed by atoms with Gasteiger partial charge in [-0.05, 0) is 54.0 Å². The van der Waals surface area contributed by atoms with Crippen molar-refractivity contribution in [2.75, 3.05) is 6.54 Å². The molecule has 1 aromatic carbocycles. The second-order valence-corrected chi connectivity index (χ2v) is 7.62. The Labute approximate surface area is 153 Å². The third kappa shape index (κ3) is 3.89. The highest BCUT2D eigenvalue weighted by molar-refractivity contribution is 7.11. The first-order valence-electron chi connectivity index (χ1n) is 8.75. The number of aromatic nitrogens is 1. The SMILES string of the molecule is Cc1ccc(-c2cncc(CC3CC(c4cccs4)=CCN3)c2)cc1. The zero-order chi connectivity index (χ0) is 17.1. The molecule has 0 radical (unpaired) electrons. The Kier molecular flexibility index (Phi) is 4.77. The van der Waals surface area contributed by atoms with Crippen LogP contribution in [0, 0.1) is 6.92 Å². The summed E-state index contributed by atoms with van der Waals surface area (Å²) in [5.41, 5.74) is 6.48. The Morgan fingerprint density at radius 3 is 2.80 bits per heavy atom. The Bertz CT molecular complexity index is 863. The maximum absolute atomic E-state index is 4.48. The quantitative estimate of drug-likeness (QED) is 0.710. The van der Waals surface area contributed by atoms with E-state index in [0.717, 1.165) is 19.4 Å². The average Bonchev–Trinajstić information content (AvgIpc) is 3.18. The zero-order valence-electron chi connectivity index (χ0n) is 14.4. The summed E-state index contributed by atoms with van der Waals surface area (Å²) in [6.07, 6.45) is 8.37. The molecule has 0 bridgehead atoms. The second kappa shape index (κ2) is 7.34. The fourth-order valence-electron chi connectivity index (χ4n) is 3.36. The van der Waals surface area contributed by atoms with Gasteiger partial charge < -0.3 is 5.32 Å². The number of hydrogen-bond donors (Lipinski definition) is 1. The number of nitrogens with one attached hydrogen (secondary N) is 1. The molecule has 0 saturated heterocycles. The molecule has 126 valence electrons. The van der Waals surface area contributed by atoms with Crippen molar-refractivity contribution >= 4 is 16.9 Å². The molecule has 1 N–H and O–H groups in total. The largest absolute Gasteiger partial charge is 0.310 e. The molecule has 0 saturated carbocycles. The number of hydrogen-bond acceptors (Lipinski definition) is 3. The van der Waals surface area contributed by atoms with Gasteiger partial charge in [0.1, 0.15) is 0 Å². The highest BCUT2D eigenvalue weighted by Gasteiger charge is 2.17. The minimum Gasteiger partial charge on any atom is -0.310 e. The molecule has 2 nitrogen and oxygen atoms in total. The van der Waals surface area contributed by atoms with E-state index in [1.165, 1.54) is 32.7 Å². The topological polar surface area (TPSA) is 24.9 Å². The van der Waals surface area contributed by atoms with Crippen molar-refractivity contribution < 1.29 is 0 Å². The van der Waals surface area contributed by atoms with Crippen LogP contribution in [-0.4, -0.2) is 17.6 Å². The third-order valence-corrected chi connectivity index (χ3v) is 5.67. The van der Waals surface area contributed by atoms with E-state index in [4.69, 9.17) is 0 Å². The highest BCUT2D eigenvalue weighted by atomic mass is 32.1. The maximum Gasteiger partial charge on any atom is 0.0346 e. The molecule has 0 amide bonds. The molecule has 1 aliphatic rings. The van der Waals surface area contributed by atoms with Gasteiger partial charge >= 0.3 is 0 Å². The number of nitrogens with zero attached hydrogens (tertiary/aromatic N) is 1. The molecule has 2 aromatic heterocycles. The van der Waals surface area contributed by atoms with Gasteiger partial charge in [-0.25, -0.2) is 0 Å². The number of rotatable bonds is 4. The minimum atomic E-state index is 0.470. The van der Waals surface area contributed by atoms with Gasteiger partial charge in [0.25, 0.3) is 0 Å². The summed E-state index contributed by atoms with van der Waals surface area (Å²) in [5.74, 6) is 0. The molecule has 3 heterocycles. The first-order valence-corrected chi connectivity index (χ1v) is 9.63. The molecule has 0 aliphatic carbocycles. The second-order valence-electron chi connectivity index (χ2n) is 6.67. The van der Waals surface area contributed by atoms with Crippen LogP contribution in [0.15, 0.2) is 66.3 Å². The van der Waals surface area contributed by atoms with Crippen molar-refractivity contribution in [2.45, 2.75) is 25.8 Å². The van der Waals surface area contributed by atoms with Crippen LogP contribution in [0.25, 0.3) is 16.7 Å². The van der Waals surface area contributed by atoms with E-state index in [0.29, 0.717) is 6.04 Å². The molecule has 3 heteroatoms. The lowest BCUT2D eigenvalue weighted by Gasteiger charge is -2.24. The molecule has 0 fully saturated rings. The highest BCUT2D eigenvalue weighted by Crippen LogP contribution is 2.28. The smallest absolute Gasteiger partial charge is 0.0346 e. The zero-order valence-corrected chi connectivity index (χ0v) is 15.2. The maximum atomic E-state index is 4.48. The average molecular weight is 346 g/mol. The van der Waals surface area contributed by atoms with E-state index in [-0.39, 0.29) is 0 Å². The lowest BCUT2D eigenvalue weighted by molar-refractivity contribution is 0.533. The molecule has 25 heavy (non-hydrogen) atoms. The summed E-state index contributed by atoms with van der Waals surface area (Å²) >= 11 is 1.83. The number of thiophene rings is 1. The van der Waals surface area contributed by atoms with Gasteiger partial charge in [-0.15, -0.1) is 11.3 Å². The van der Waals surface area contributed by atoms with Crippen LogP contribution < -0.4 is 5.32 Å². The molecular formula is C22H22N2S. The Morgan fingerprint density at radius 2 is 2.00 bits per heavy atom. The van der Waals surface area contributed by atoms with Gasteiger partial charge in [-0.1, -0.05) is 42.0 Å². The molecular weight excluding hydrogens is 324 g/mol. The van der Waals surface area contributed by atoms with Gasteiger partial charge in [0.05, 0.1) is 0 Å². The standard InChI is InChI=1S/C22H22N2S/c1-16-4-6-18(7-5-16)20-11-17(14-23-15-20)12-21-13-19(8-9-24-21)22-3-2-10-25-22/h2-8,10-11,14-15,21,24H,9,12-13H2,1H3. The van der Waals surface area contributed by atoms with E-state index in [9.17, 15) is 0 Å². The summed E-state index contributed by atoms with van der Waals surface area (Å²) in [7, 11) is 0. The fourth-order valence-corrected chi connectivity index (χ4v) is 4.14. The summed E-state index contributed by atoms with van der Waals surface area (Å²) in [6, 6.07) is 15.8. The van der Waals surface area contributed by atoms with Gasteiger partial charge in [-0.2, -0.15) is 0 Å². The molecule has 4 rings (SSSR count). The van der Waals surface area contributed by atoms with Crippen molar-refractivity contribution in [2.24, 2.45) is 0 Å². The predicted octanol–water partition coefficient (Wildman–Crippen LogP) is 5.11. The van der Waals surface area contributed by atoms with E-state index in [1.54, 1.807) is 0 Å². The molecule has 1 aliphatic heterocycles. The van der Waals surface area contributed by atoms with Crippen molar-refractivity contribution in [3.8, 4) is 11.1 Å². The monoisotopic (exact) mass is 346 g/mol. The summed E-state index contributed by atoms with van der Waals surface area (Å²) in [5, 5.41) is 5.78. The molecule has 1 atom stereocenters.